The van der Waals surface area contributed by atoms with E-state index < -0.39 is 0 Å². The molecule has 104 valence electrons. The fourth-order valence-electron chi connectivity index (χ4n) is 2.31. The quantitative estimate of drug-likeness (QED) is 0.840. The largest absolute Gasteiger partial charge is 0.366 e. The van der Waals surface area contributed by atoms with Crippen molar-refractivity contribution in [1.29, 1.82) is 0 Å². The van der Waals surface area contributed by atoms with E-state index in [1.54, 1.807) is 6.92 Å². The molecular weight excluding hydrogens is 242 g/mol. The Morgan fingerprint density at radius 2 is 2.37 bits per heavy atom. The van der Waals surface area contributed by atoms with E-state index in [9.17, 15) is 4.79 Å². The molecular formula is C13H21N5O. The summed E-state index contributed by atoms with van der Waals surface area (Å²) in [5.74, 6) is 1.70. The molecule has 1 saturated heterocycles. The molecule has 0 radical (unpaired) electrons. The summed E-state index contributed by atoms with van der Waals surface area (Å²) in [5, 5.41) is 3.42. The summed E-state index contributed by atoms with van der Waals surface area (Å²) in [5.41, 5.74) is 0. The fraction of sp³-hybridized carbons (Fsp3) is 0.615. The normalized spacial score (nSPS) is 19.4. The number of anilines is 2. The molecule has 6 nitrogen and oxygen atoms in total. The summed E-state index contributed by atoms with van der Waals surface area (Å²) in [6, 6.07) is 2.33. The Labute approximate surface area is 113 Å². The van der Waals surface area contributed by atoms with Crippen molar-refractivity contribution in [3.05, 3.63) is 12.4 Å². The van der Waals surface area contributed by atoms with Crippen molar-refractivity contribution < 1.29 is 4.79 Å². The number of carbonyl (C=O) groups excluding carboxylic acids is 1. The molecule has 19 heavy (non-hydrogen) atoms. The van der Waals surface area contributed by atoms with E-state index in [1.165, 1.54) is 6.33 Å². The van der Waals surface area contributed by atoms with E-state index in [1.807, 2.05) is 18.0 Å². The van der Waals surface area contributed by atoms with Gasteiger partial charge in [-0.05, 0) is 26.9 Å². The van der Waals surface area contributed by atoms with Crippen LogP contribution < -0.4 is 10.2 Å². The fourth-order valence-corrected chi connectivity index (χ4v) is 2.31. The Kier molecular flexibility index (Phi) is 4.31. The van der Waals surface area contributed by atoms with Crippen molar-refractivity contribution in [3.8, 4) is 0 Å². The number of aromatic nitrogens is 2. The summed E-state index contributed by atoms with van der Waals surface area (Å²) in [7, 11) is 3.98. The zero-order chi connectivity index (χ0) is 13.8. The SMILES string of the molecule is CC(=O)CN(C)c1cc(NC2CCN(C)C2)ncn1. The Morgan fingerprint density at radius 3 is 3.00 bits per heavy atom. The summed E-state index contributed by atoms with van der Waals surface area (Å²) < 4.78 is 0. The maximum absolute atomic E-state index is 11.1. The van der Waals surface area contributed by atoms with Gasteiger partial charge in [0.15, 0.2) is 0 Å². The first-order valence-corrected chi connectivity index (χ1v) is 6.52. The second-order valence-corrected chi connectivity index (χ2v) is 5.21. The minimum absolute atomic E-state index is 0.119. The van der Waals surface area contributed by atoms with Crippen LogP contribution in [-0.2, 0) is 4.79 Å². The van der Waals surface area contributed by atoms with Crippen LogP contribution >= 0.6 is 0 Å². The van der Waals surface area contributed by atoms with Gasteiger partial charge in [0, 0.05) is 25.7 Å². The molecule has 1 aromatic heterocycles. The third kappa shape index (κ3) is 3.89. The molecule has 1 aromatic rings. The minimum Gasteiger partial charge on any atom is -0.366 e. The standard InChI is InChI=1S/C13H21N5O/c1-10(19)7-18(3)13-6-12(14-9-15-13)16-11-4-5-17(2)8-11/h6,9,11H,4-5,7-8H2,1-3H3,(H,14,15,16). The lowest BCUT2D eigenvalue weighted by molar-refractivity contribution is -0.115. The van der Waals surface area contributed by atoms with Gasteiger partial charge >= 0.3 is 0 Å². The van der Waals surface area contributed by atoms with Gasteiger partial charge in [0.1, 0.15) is 23.7 Å². The molecule has 0 amide bonds. The van der Waals surface area contributed by atoms with Crippen LogP contribution in [0.1, 0.15) is 13.3 Å². The lowest BCUT2D eigenvalue weighted by Gasteiger charge is -2.18. The number of hydrogen-bond donors (Lipinski definition) is 1. The third-order valence-corrected chi connectivity index (χ3v) is 3.25. The van der Waals surface area contributed by atoms with Crippen molar-refractivity contribution in [2.45, 2.75) is 19.4 Å². The molecule has 0 saturated carbocycles. The molecule has 1 unspecified atom stereocenters. The topological polar surface area (TPSA) is 61.4 Å². The highest BCUT2D eigenvalue weighted by atomic mass is 16.1. The molecule has 0 spiro atoms. The predicted molar refractivity (Wildman–Crippen MR) is 75.5 cm³/mol. The van der Waals surface area contributed by atoms with Crippen molar-refractivity contribution in [2.75, 3.05) is 43.9 Å². The number of likely N-dealkylation sites (N-methyl/N-ethyl adjacent to an activating group) is 2. The van der Waals surface area contributed by atoms with Gasteiger partial charge < -0.3 is 15.1 Å². The third-order valence-electron chi connectivity index (χ3n) is 3.25. The second kappa shape index (κ2) is 5.97. The van der Waals surface area contributed by atoms with Crippen LogP contribution in [0.4, 0.5) is 11.6 Å². The van der Waals surface area contributed by atoms with E-state index in [-0.39, 0.29) is 5.78 Å². The molecule has 1 aliphatic rings. The number of Topliss-reactive ketones (excluding diaryl/α,β-unsaturated/α-hetero) is 1. The smallest absolute Gasteiger partial charge is 0.149 e. The van der Waals surface area contributed by atoms with Gasteiger partial charge in [-0.2, -0.15) is 0 Å². The van der Waals surface area contributed by atoms with Gasteiger partial charge in [-0.1, -0.05) is 0 Å². The first-order valence-electron chi connectivity index (χ1n) is 6.52. The average molecular weight is 263 g/mol. The maximum atomic E-state index is 11.1. The van der Waals surface area contributed by atoms with Crippen molar-refractivity contribution in [2.24, 2.45) is 0 Å². The van der Waals surface area contributed by atoms with Crippen LogP contribution in [0.15, 0.2) is 12.4 Å². The zero-order valence-electron chi connectivity index (χ0n) is 11.8. The number of rotatable bonds is 5. The molecule has 0 aromatic carbocycles. The van der Waals surface area contributed by atoms with Crippen LogP contribution in [0.3, 0.4) is 0 Å². The molecule has 1 atom stereocenters. The van der Waals surface area contributed by atoms with Gasteiger partial charge in [0.25, 0.3) is 0 Å². The molecule has 2 rings (SSSR count). The van der Waals surface area contributed by atoms with Gasteiger partial charge in [-0.3, -0.25) is 4.79 Å². The number of nitrogens with zero attached hydrogens (tertiary/aromatic N) is 4. The van der Waals surface area contributed by atoms with E-state index >= 15 is 0 Å². The van der Waals surface area contributed by atoms with Crippen molar-refractivity contribution in [1.82, 2.24) is 14.9 Å². The van der Waals surface area contributed by atoms with E-state index in [2.05, 4.69) is 27.2 Å². The van der Waals surface area contributed by atoms with E-state index in [4.69, 9.17) is 0 Å². The van der Waals surface area contributed by atoms with Crippen LogP contribution in [0, 0.1) is 0 Å². The lowest BCUT2D eigenvalue weighted by atomic mass is 10.2. The Bertz CT molecular complexity index is 450. The molecule has 1 aliphatic heterocycles. The minimum atomic E-state index is 0.119. The molecule has 1 fully saturated rings. The van der Waals surface area contributed by atoms with Crippen molar-refractivity contribution in [3.63, 3.8) is 0 Å². The highest BCUT2D eigenvalue weighted by Crippen LogP contribution is 2.16. The van der Waals surface area contributed by atoms with E-state index in [0.29, 0.717) is 12.6 Å². The zero-order valence-corrected chi connectivity index (χ0v) is 11.8. The van der Waals surface area contributed by atoms with Crippen LogP contribution in [-0.4, -0.2) is 60.4 Å². The first kappa shape index (κ1) is 13.7. The summed E-state index contributed by atoms with van der Waals surface area (Å²) in [6.45, 7) is 4.08. The summed E-state index contributed by atoms with van der Waals surface area (Å²) in [6.07, 6.45) is 2.66. The maximum Gasteiger partial charge on any atom is 0.149 e. The number of carbonyl (C=O) groups is 1. The molecule has 0 aliphatic carbocycles. The van der Waals surface area contributed by atoms with Crippen LogP contribution in [0.2, 0.25) is 0 Å². The Balaban J connectivity index is 2.00. The predicted octanol–water partition coefficient (Wildman–Crippen LogP) is 0.618. The molecule has 0 bridgehead atoms. The van der Waals surface area contributed by atoms with Gasteiger partial charge in [-0.15, -0.1) is 0 Å². The monoisotopic (exact) mass is 263 g/mol. The summed E-state index contributed by atoms with van der Waals surface area (Å²) in [4.78, 5) is 23.7. The highest BCUT2D eigenvalue weighted by molar-refractivity contribution is 5.80. The number of hydrogen-bond acceptors (Lipinski definition) is 6. The number of ketones is 1. The van der Waals surface area contributed by atoms with Crippen LogP contribution in [0.25, 0.3) is 0 Å². The Morgan fingerprint density at radius 1 is 1.58 bits per heavy atom. The Hall–Kier alpha value is -1.69. The van der Waals surface area contributed by atoms with Gasteiger partial charge in [0.2, 0.25) is 0 Å². The average Bonchev–Trinajstić information content (AvgIpc) is 2.74. The van der Waals surface area contributed by atoms with Gasteiger partial charge in [0.05, 0.1) is 6.54 Å². The van der Waals surface area contributed by atoms with Crippen LogP contribution in [0.5, 0.6) is 0 Å². The molecule has 1 N–H and O–H groups in total. The first-order chi connectivity index (χ1) is 9.04. The summed E-state index contributed by atoms with van der Waals surface area (Å²) >= 11 is 0. The van der Waals surface area contributed by atoms with Gasteiger partial charge in [-0.25, -0.2) is 9.97 Å². The number of nitrogens with one attached hydrogen (secondary N) is 1. The molecule has 2 heterocycles. The van der Waals surface area contributed by atoms with Crippen molar-refractivity contribution >= 4 is 17.4 Å². The second-order valence-electron chi connectivity index (χ2n) is 5.21. The highest BCUT2D eigenvalue weighted by Gasteiger charge is 2.19. The lowest BCUT2D eigenvalue weighted by Crippen LogP contribution is -2.26. The molecule has 6 heteroatoms. The number of likely N-dealkylation sites (tertiary alicyclic amines) is 1. The van der Waals surface area contributed by atoms with E-state index in [0.717, 1.165) is 31.1 Å².